The maximum absolute atomic E-state index is 12.2. The summed E-state index contributed by atoms with van der Waals surface area (Å²) in [7, 11) is -3.81. The number of aromatic nitrogens is 1. The van der Waals surface area contributed by atoms with Gasteiger partial charge in [-0.3, -0.25) is 4.72 Å². The Bertz CT molecular complexity index is 748. The highest BCUT2D eigenvalue weighted by Gasteiger charge is 2.19. The maximum atomic E-state index is 12.2. The van der Waals surface area contributed by atoms with Gasteiger partial charge in [0, 0.05) is 6.20 Å². The summed E-state index contributed by atoms with van der Waals surface area (Å²) in [4.78, 5) is 3.62. The van der Waals surface area contributed by atoms with Gasteiger partial charge in [-0.15, -0.1) is 0 Å². The average Bonchev–Trinajstić information content (AvgIpc) is 2.41. The SMILES string of the molecule is Cc1ccccc1NS(=O)(=O)c1cccnc1C#N. The van der Waals surface area contributed by atoms with E-state index in [4.69, 9.17) is 5.26 Å². The minimum Gasteiger partial charge on any atom is -0.279 e. The lowest BCUT2D eigenvalue weighted by Gasteiger charge is -2.10. The van der Waals surface area contributed by atoms with E-state index in [-0.39, 0.29) is 10.6 Å². The van der Waals surface area contributed by atoms with Crippen LogP contribution in [-0.4, -0.2) is 13.4 Å². The largest absolute Gasteiger partial charge is 0.279 e. The summed E-state index contributed by atoms with van der Waals surface area (Å²) in [6.45, 7) is 1.80. The number of nitrogens with one attached hydrogen (secondary N) is 1. The first kappa shape index (κ1) is 13.1. The second-order valence-electron chi connectivity index (χ2n) is 3.88. The smallest absolute Gasteiger partial charge is 0.264 e. The highest BCUT2D eigenvalue weighted by Crippen LogP contribution is 2.20. The molecule has 0 radical (unpaired) electrons. The van der Waals surface area contributed by atoms with Crippen LogP contribution in [0.1, 0.15) is 11.3 Å². The normalized spacial score (nSPS) is 10.7. The molecule has 1 aromatic carbocycles. The number of sulfonamides is 1. The molecular weight excluding hydrogens is 262 g/mol. The lowest BCUT2D eigenvalue weighted by molar-refractivity contribution is 0.600. The molecule has 0 spiro atoms. The van der Waals surface area contributed by atoms with Crippen LogP contribution >= 0.6 is 0 Å². The first-order valence-electron chi connectivity index (χ1n) is 5.48. The number of hydrogen-bond donors (Lipinski definition) is 1. The fourth-order valence-corrected chi connectivity index (χ4v) is 2.82. The topological polar surface area (TPSA) is 82.8 Å². The van der Waals surface area contributed by atoms with Crippen LogP contribution in [0.2, 0.25) is 0 Å². The van der Waals surface area contributed by atoms with Gasteiger partial charge in [-0.25, -0.2) is 13.4 Å². The number of benzene rings is 1. The van der Waals surface area contributed by atoms with E-state index in [0.29, 0.717) is 5.69 Å². The van der Waals surface area contributed by atoms with E-state index in [2.05, 4.69) is 9.71 Å². The molecule has 1 aromatic heterocycles. The maximum Gasteiger partial charge on any atom is 0.264 e. The molecule has 0 fully saturated rings. The van der Waals surface area contributed by atoms with E-state index in [1.54, 1.807) is 31.2 Å². The van der Waals surface area contributed by atoms with Crippen molar-refractivity contribution < 1.29 is 8.42 Å². The molecule has 1 N–H and O–H groups in total. The Kier molecular flexibility index (Phi) is 3.49. The van der Waals surface area contributed by atoms with Crippen molar-refractivity contribution in [3.05, 3.63) is 53.9 Å². The predicted octanol–water partition coefficient (Wildman–Crippen LogP) is 2.06. The van der Waals surface area contributed by atoms with Gasteiger partial charge in [0.1, 0.15) is 11.0 Å². The zero-order valence-electron chi connectivity index (χ0n) is 10.2. The standard InChI is InChI=1S/C13H11N3O2S/c1-10-5-2-3-6-11(10)16-19(17,18)13-7-4-8-15-12(13)9-14/h2-8,16H,1H3. The lowest BCUT2D eigenvalue weighted by atomic mass is 10.2. The molecule has 6 heteroatoms. The minimum absolute atomic E-state index is 0.122. The number of pyridine rings is 1. The third kappa shape index (κ3) is 2.72. The number of nitriles is 1. The predicted molar refractivity (Wildman–Crippen MR) is 70.9 cm³/mol. The van der Waals surface area contributed by atoms with Gasteiger partial charge >= 0.3 is 0 Å². The molecule has 1 heterocycles. The summed E-state index contributed by atoms with van der Waals surface area (Å²) in [5, 5.41) is 8.90. The van der Waals surface area contributed by atoms with E-state index in [1.807, 2.05) is 6.07 Å². The fraction of sp³-hybridized carbons (Fsp3) is 0.0769. The Morgan fingerprint density at radius 2 is 1.95 bits per heavy atom. The molecule has 0 aliphatic rings. The van der Waals surface area contributed by atoms with Crippen LogP contribution in [0.25, 0.3) is 0 Å². The Morgan fingerprint density at radius 1 is 1.21 bits per heavy atom. The highest BCUT2D eigenvalue weighted by molar-refractivity contribution is 7.92. The summed E-state index contributed by atoms with van der Waals surface area (Å²) in [6.07, 6.45) is 1.38. The minimum atomic E-state index is -3.81. The molecule has 0 unspecified atom stereocenters. The zero-order chi connectivity index (χ0) is 13.9. The zero-order valence-corrected chi connectivity index (χ0v) is 11.0. The second-order valence-corrected chi connectivity index (χ2v) is 5.53. The molecule has 0 saturated carbocycles. The first-order valence-corrected chi connectivity index (χ1v) is 6.96. The van der Waals surface area contributed by atoms with Crippen molar-refractivity contribution in [3.8, 4) is 6.07 Å². The Hall–Kier alpha value is -2.39. The van der Waals surface area contributed by atoms with Crippen LogP contribution in [0.5, 0.6) is 0 Å². The van der Waals surface area contributed by atoms with Gasteiger partial charge in [-0.2, -0.15) is 5.26 Å². The molecule has 19 heavy (non-hydrogen) atoms. The van der Waals surface area contributed by atoms with Gasteiger partial charge in [0.2, 0.25) is 0 Å². The van der Waals surface area contributed by atoms with E-state index in [1.165, 1.54) is 18.3 Å². The lowest BCUT2D eigenvalue weighted by Crippen LogP contribution is -2.15. The molecule has 96 valence electrons. The number of para-hydroxylation sites is 1. The van der Waals surface area contributed by atoms with Crippen LogP contribution in [-0.2, 0) is 10.0 Å². The molecule has 0 amide bonds. The van der Waals surface area contributed by atoms with Gasteiger partial charge in [0.05, 0.1) is 5.69 Å². The van der Waals surface area contributed by atoms with Crippen molar-refractivity contribution in [1.29, 1.82) is 5.26 Å². The van der Waals surface area contributed by atoms with E-state index in [9.17, 15) is 8.42 Å². The quantitative estimate of drug-likeness (QED) is 0.927. The molecule has 2 aromatic rings. The van der Waals surface area contributed by atoms with E-state index >= 15 is 0 Å². The summed E-state index contributed by atoms with van der Waals surface area (Å²) < 4.78 is 26.9. The molecule has 5 nitrogen and oxygen atoms in total. The number of aryl methyl sites for hydroxylation is 1. The van der Waals surface area contributed by atoms with Crippen LogP contribution < -0.4 is 4.72 Å². The van der Waals surface area contributed by atoms with E-state index in [0.717, 1.165) is 5.56 Å². The van der Waals surface area contributed by atoms with Gasteiger partial charge in [-0.05, 0) is 30.7 Å². The molecule has 0 aliphatic carbocycles. The van der Waals surface area contributed by atoms with Crippen LogP contribution in [0, 0.1) is 18.3 Å². The number of anilines is 1. The van der Waals surface area contributed by atoms with Crippen molar-refractivity contribution in [2.75, 3.05) is 4.72 Å². The van der Waals surface area contributed by atoms with Crippen LogP contribution in [0.15, 0.2) is 47.5 Å². The van der Waals surface area contributed by atoms with Gasteiger partial charge in [0.15, 0.2) is 5.69 Å². The third-order valence-corrected chi connectivity index (χ3v) is 3.95. The molecule has 0 bridgehead atoms. The summed E-state index contributed by atoms with van der Waals surface area (Å²) in [5.41, 5.74) is 1.16. The Balaban J connectivity index is 2.45. The van der Waals surface area contributed by atoms with E-state index < -0.39 is 10.0 Å². The first-order chi connectivity index (χ1) is 9.04. The third-order valence-electron chi connectivity index (χ3n) is 2.56. The van der Waals surface area contributed by atoms with Crippen LogP contribution in [0.4, 0.5) is 5.69 Å². The van der Waals surface area contributed by atoms with Gasteiger partial charge in [-0.1, -0.05) is 18.2 Å². The summed E-state index contributed by atoms with van der Waals surface area (Å²) >= 11 is 0. The fourth-order valence-electron chi connectivity index (χ4n) is 1.58. The van der Waals surface area contributed by atoms with Crippen molar-refractivity contribution in [3.63, 3.8) is 0 Å². The summed E-state index contributed by atoms with van der Waals surface area (Å²) in [5.74, 6) is 0. The average molecular weight is 273 g/mol. The molecular formula is C13H11N3O2S. The second kappa shape index (κ2) is 5.08. The molecule has 0 aliphatic heterocycles. The molecule has 2 rings (SSSR count). The van der Waals surface area contributed by atoms with Gasteiger partial charge < -0.3 is 0 Å². The summed E-state index contributed by atoms with van der Waals surface area (Å²) in [6, 6.07) is 11.6. The Labute approximate surface area is 111 Å². The molecule has 0 atom stereocenters. The van der Waals surface area contributed by atoms with Crippen molar-refractivity contribution in [2.24, 2.45) is 0 Å². The number of hydrogen-bond acceptors (Lipinski definition) is 4. The molecule has 0 saturated heterocycles. The Morgan fingerprint density at radius 3 is 2.63 bits per heavy atom. The van der Waals surface area contributed by atoms with Gasteiger partial charge in [0.25, 0.3) is 10.0 Å². The number of rotatable bonds is 3. The monoisotopic (exact) mass is 273 g/mol. The van der Waals surface area contributed by atoms with Crippen molar-refractivity contribution in [2.45, 2.75) is 11.8 Å². The highest BCUT2D eigenvalue weighted by atomic mass is 32.2. The van der Waals surface area contributed by atoms with Crippen molar-refractivity contribution >= 4 is 15.7 Å². The van der Waals surface area contributed by atoms with Crippen molar-refractivity contribution in [1.82, 2.24) is 4.98 Å². The van der Waals surface area contributed by atoms with Crippen LogP contribution in [0.3, 0.4) is 0 Å². The number of nitrogens with zero attached hydrogens (tertiary/aromatic N) is 2.